The average molecular weight is 742 g/mol. The number of hydrogen-bond donors (Lipinski definition) is 0. The van der Waals surface area contributed by atoms with Gasteiger partial charge >= 0.3 is 5.97 Å². The van der Waals surface area contributed by atoms with E-state index in [0.717, 1.165) is 69.8 Å². The predicted molar refractivity (Wildman–Crippen MR) is 210 cm³/mol. The molecule has 7 rings (SSSR count). The van der Waals surface area contributed by atoms with Gasteiger partial charge in [-0.3, -0.25) is 24.5 Å². The van der Waals surface area contributed by atoms with Gasteiger partial charge in [0.25, 0.3) is 5.69 Å². The number of piperazine rings is 1. The first kappa shape index (κ1) is 38.8. The molecule has 8 atom stereocenters. The molecule has 4 saturated carbocycles. The number of nitro groups is 1. The highest BCUT2D eigenvalue weighted by atomic mass is 16.6. The Kier molecular flexibility index (Phi) is 9.57. The van der Waals surface area contributed by atoms with Crippen molar-refractivity contribution in [1.82, 2.24) is 9.80 Å². The third kappa shape index (κ3) is 6.05. The minimum absolute atomic E-state index is 0.0176. The van der Waals surface area contributed by atoms with E-state index in [1.54, 1.807) is 30.7 Å². The summed E-state index contributed by atoms with van der Waals surface area (Å²) in [5.41, 5.74) is 2.28. The maximum absolute atomic E-state index is 15.0. The summed E-state index contributed by atoms with van der Waals surface area (Å²) in [4.78, 5) is 54.7. The third-order valence-corrected chi connectivity index (χ3v) is 16.7. The van der Waals surface area contributed by atoms with Crippen LogP contribution in [0.4, 0.5) is 5.69 Å². The molecule has 2 amide bonds. The summed E-state index contributed by atoms with van der Waals surface area (Å²) in [6.45, 7) is 20.8. The molecule has 0 bridgehead atoms. The Morgan fingerprint density at radius 2 is 1.48 bits per heavy atom. The van der Waals surface area contributed by atoms with E-state index in [0.29, 0.717) is 43.9 Å². The quantitative estimate of drug-likeness (QED) is 0.0980. The van der Waals surface area contributed by atoms with Crippen molar-refractivity contribution in [2.24, 2.45) is 50.2 Å². The minimum Gasteiger partial charge on any atom is -0.462 e. The number of carbonyl (C=O) groups is 3. The third-order valence-electron chi connectivity index (χ3n) is 16.7. The molecule has 0 aromatic heterocycles. The lowest BCUT2D eigenvalue weighted by molar-refractivity contribution is -0.384. The fraction of sp³-hybridized carbons (Fsp3) is 0.711. The van der Waals surface area contributed by atoms with Crippen molar-refractivity contribution in [1.29, 1.82) is 0 Å². The Hall–Kier alpha value is -3.49. The highest BCUT2D eigenvalue weighted by molar-refractivity contribution is 5.92. The molecule has 1 heterocycles. The zero-order valence-electron chi connectivity index (χ0n) is 34.0. The number of ether oxygens (including phenoxy) is 1. The molecule has 0 radical (unpaired) electrons. The second-order valence-corrected chi connectivity index (χ2v) is 20.1. The zero-order chi connectivity index (χ0) is 39.1. The number of carbonyl (C=O) groups excluding carboxylic acids is 3. The maximum Gasteiger partial charge on any atom is 0.302 e. The fourth-order valence-electron chi connectivity index (χ4n) is 13.4. The van der Waals surface area contributed by atoms with Gasteiger partial charge in [-0.05, 0) is 127 Å². The molecule has 54 heavy (non-hydrogen) atoms. The minimum atomic E-state index is -0.434. The van der Waals surface area contributed by atoms with E-state index < -0.39 is 10.3 Å². The second-order valence-electron chi connectivity index (χ2n) is 20.1. The summed E-state index contributed by atoms with van der Waals surface area (Å²) in [7, 11) is 0. The van der Waals surface area contributed by atoms with Crippen LogP contribution in [-0.2, 0) is 19.1 Å². The molecule has 1 aliphatic heterocycles. The molecule has 5 fully saturated rings. The lowest BCUT2D eigenvalue weighted by atomic mass is 9.33. The summed E-state index contributed by atoms with van der Waals surface area (Å²) in [5.74, 6) is 1.27. The molecule has 9 nitrogen and oxygen atoms in total. The Bertz CT molecular complexity index is 1760. The number of hydrogen-bond acceptors (Lipinski definition) is 6. The van der Waals surface area contributed by atoms with E-state index in [1.807, 2.05) is 4.90 Å². The SMILES string of the molecule is CC(=O)O[C@H]1CC[C@]2(C)[C@H]3CC=C4[C@@H]5CC(C)(C)CC[C@]5(C(=O)N5CCN(C(=O)/C=C/c6ccc([N+](=O)[O-])cc6)CC5)CC[C@@]4(C)[C@]3(C)CC[C@H]2C1(C)C. The van der Waals surface area contributed by atoms with E-state index in [4.69, 9.17) is 4.74 Å². The summed E-state index contributed by atoms with van der Waals surface area (Å²) < 4.78 is 5.96. The van der Waals surface area contributed by atoms with Gasteiger partial charge in [-0.15, -0.1) is 0 Å². The molecule has 6 aliphatic rings. The van der Waals surface area contributed by atoms with E-state index in [2.05, 4.69) is 59.4 Å². The number of amides is 2. The number of nitrogens with zero attached hydrogens (tertiary/aromatic N) is 3. The van der Waals surface area contributed by atoms with Crippen LogP contribution in [0.2, 0.25) is 0 Å². The van der Waals surface area contributed by atoms with Crippen LogP contribution in [0.25, 0.3) is 6.08 Å². The fourth-order valence-corrected chi connectivity index (χ4v) is 13.4. The van der Waals surface area contributed by atoms with Crippen LogP contribution in [0.3, 0.4) is 0 Å². The van der Waals surface area contributed by atoms with Crippen LogP contribution in [0.1, 0.15) is 125 Å². The molecule has 0 unspecified atom stereocenters. The lowest BCUT2D eigenvalue weighted by Gasteiger charge is -2.71. The Balaban J connectivity index is 1.10. The standard InChI is InChI=1S/C45H63N3O6/c1-30(49)54-37-18-19-42(6)35(41(37,4)5)17-20-44(8)36(42)15-14-33-34-29-40(2,3)21-23-45(34,24-22-43(33,44)7)39(51)47-27-25-46(26-28-47)38(50)16-11-31-9-12-32(13-10-31)48(52)53/h9-14,16,34-37H,15,17-29H2,1-8H3/b16-11+/t34-,35-,36+,37-,42-,43+,44+,45-/m0/s1. The Morgan fingerprint density at radius 3 is 2.13 bits per heavy atom. The summed E-state index contributed by atoms with van der Waals surface area (Å²) in [6.07, 6.45) is 16.1. The first-order valence-electron chi connectivity index (χ1n) is 20.7. The number of esters is 1. The molecule has 0 N–H and O–H groups in total. The van der Waals surface area contributed by atoms with E-state index in [1.165, 1.54) is 18.2 Å². The van der Waals surface area contributed by atoms with E-state index in [9.17, 15) is 19.7 Å². The van der Waals surface area contributed by atoms with E-state index >= 15 is 4.79 Å². The Morgan fingerprint density at radius 1 is 0.833 bits per heavy atom. The molecule has 294 valence electrons. The van der Waals surface area contributed by atoms with Crippen LogP contribution < -0.4 is 0 Å². The van der Waals surface area contributed by atoms with Crippen molar-refractivity contribution in [3.63, 3.8) is 0 Å². The average Bonchev–Trinajstić information content (AvgIpc) is 3.11. The molecular weight excluding hydrogens is 679 g/mol. The topological polar surface area (TPSA) is 110 Å². The number of benzene rings is 1. The van der Waals surface area contributed by atoms with Gasteiger partial charge in [0.15, 0.2) is 0 Å². The van der Waals surface area contributed by atoms with Gasteiger partial charge in [0.2, 0.25) is 11.8 Å². The van der Waals surface area contributed by atoms with Crippen LogP contribution in [0.5, 0.6) is 0 Å². The molecule has 5 aliphatic carbocycles. The number of allylic oxidation sites excluding steroid dienone is 2. The maximum atomic E-state index is 15.0. The van der Waals surface area contributed by atoms with Gasteiger partial charge in [0, 0.05) is 56.7 Å². The van der Waals surface area contributed by atoms with Crippen molar-refractivity contribution >= 4 is 29.5 Å². The highest BCUT2D eigenvalue weighted by Crippen LogP contribution is 2.76. The largest absolute Gasteiger partial charge is 0.462 e. The zero-order valence-corrected chi connectivity index (χ0v) is 34.0. The highest BCUT2D eigenvalue weighted by Gasteiger charge is 2.69. The van der Waals surface area contributed by atoms with Gasteiger partial charge in [0.1, 0.15) is 6.10 Å². The smallest absolute Gasteiger partial charge is 0.302 e. The molecule has 1 aromatic carbocycles. The lowest BCUT2D eigenvalue weighted by Crippen LogP contribution is -2.66. The van der Waals surface area contributed by atoms with Crippen molar-refractivity contribution in [3.8, 4) is 0 Å². The second kappa shape index (κ2) is 13.3. The van der Waals surface area contributed by atoms with Crippen molar-refractivity contribution in [2.45, 2.75) is 126 Å². The molecule has 1 aromatic rings. The summed E-state index contributed by atoms with van der Waals surface area (Å²) in [6, 6.07) is 6.16. The number of fused-ring (bicyclic) bond motifs is 7. The van der Waals surface area contributed by atoms with Crippen LogP contribution in [-0.4, -0.2) is 64.8 Å². The Labute approximate surface area is 322 Å². The van der Waals surface area contributed by atoms with Crippen molar-refractivity contribution in [2.75, 3.05) is 26.2 Å². The summed E-state index contributed by atoms with van der Waals surface area (Å²) in [5, 5.41) is 11.0. The normalized spacial score (nSPS) is 38.3. The predicted octanol–water partition coefficient (Wildman–Crippen LogP) is 9.01. The van der Waals surface area contributed by atoms with Gasteiger partial charge in [-0.25, -0.2) is 0 Å². The number of rotatable bonds is 5. The number of non-ortho nitro benzene ring substituents is 1. The van der Waals surface area contributed by atoms with Gasteiger partial charge < -0.3 is 14.5 Å². The van der Waals surface area contributed by atoms with Crippen molar-refractivity contribution in [3.05, 3.63) is 57.7 Å². The van der Waals surface area contributed by atoms with Crippen LogP contribution in [0, 0.1) is 60.4 Å². The molecule has 9 heteroatoms. The first-order valence-corrected chi connectivity index (χ1v) is 20.7. The van der Waals surface area contributed by atoms with Gasteiger partial charge in [-0.2, -0.15) is 0 Å². The molecule has 1 saturated heterocycles. The monoisotopic (exact) mass is 741 g/mol. The molecular formula is C45H63N3O6. The summed E-state index contributed by atoms with van der Waals surface area (Å²) >= 11 is 0. The van der Waals surface area contributed by atoms with E-state index in [-0.39, 0.29) is 56.7 Å². The number of nitro benzene ring substituents is 1. The molecule has 0 spiro atoms. The van der Waals surface area contributed by atoms with Crippen LogP contribution in [0.15, 0.2) is 42.0 Å². The van der Waals surface area contributed by atoms with Crippen molar-refractivity contribution < 1.29 is 24.0 Å². The van der Waals surface area contributed by atoms with Crippen LogP contribution >= 0.6 is 0 Å². The van der Waals surface area contributed by atoms with Gasteiger partial charge in [-0.1, -0.05) is 60.1 Å². The first-order chi connectivity index (χ1) is 25.3. The van der Waals surface area contributed by atoms with Gasteiger partial charge in [0.05, 0.1) is 10.3 Å².